The molecule has 1 rings (SSSR count). The molecule has 0 bridgehead atoms. The zero-order chi connectivity index (χ0) is 8.81. The van der Waals surface area contributed by atoms with Crippen molar-refractivity contribution in [3.63, 3.8) is 0 Å². The van der Waals surface area contributed by atoms with Gasteiger partial charge in [-0.25, -0.2) is 0 Å². The summed E-state index contributed by atoms with van der Waals surface area (Å²) in [6, 6.07) is 0.572. The predicted molar refractivity (Wildman–Crippen MR) is 47.5 cm³/mol. The van der Waals surface area contributed by atoms with Gasteiger partial charge in [0.2, 0.25) is 0 Å². The van der Waals surface area contributed by atoms with Gasteiger partial charge in [-0.05, 0) is 31.7 Å². The largest absolute Gasteiger partial charge is 0.345 e. The maximum Gasteiger partial charge on any atom is 0.295 e. The molecule has 66 valence electrons. The Kier molecular flexibility index (Phi) is 3.62. The molecule has 12 heavy (non-hydrogen) atoms. The van der Waals surface area contributed by atoms with Crippen LogP contribution in [0.3, 0.4) is 0 Å². The minimum atomic E-state index is -0.312. The van der Waals surface area contributed by atoms with E-state index in [0.29, 0.717) is 12.6 Å². The van der Waals surface area contributed by atoms with Gasteiger partial charge in [0.1, 0.15) is 0 Å². The van der Waals surface area contributed by atoms with Crippen LogP contribution in [0.1, 0.15) is 19.3 Å². The van der Waals surface area contributed by atoms with Gasteiger partial charge in [0.15, 0.2) is 0 Å². The number of terminal acetylenes is 1. The quantitative estimate of drug-likeness (QED) is 0.574. The summed E-state index contributed by atoms with van der Waals surface area (Å²) < 4.78 is 0. The first-order valence-corrected chi connectivity index (χ1v) is 4.31. The number of carbonyl (C=O) groups excluding carboxylic acids is 1. The van der Waals surface area contributed by atoms with Crippen LogP contribution in [0, 0.1) is 12.3 Å². The van der Waals surface area contributed by atoms with Crippen molar-refractivity contribution in [2.75, 3.05) is 13.1 Å². The van der Waals surface area contributed by atoms with Crippen LogP contribution in [0.15, 0.2) is 0 Å². The molecule has 0 unspecified atom stereocenters. The maximum atomic E-state index is 10.6. The lowest BCUT2D eigenvalue weighted by Crippen LogP contribution is -2.29. The zero-order valence-corrected chi connectivity index (χ0v) is 7.10. The van der Waals surface area contributed by atoms with Crippen molar-refractivity contribution in [2.24, 2.45) is 0 Å². The Labute approximate surface area is 72.9 Å². The molecule has 1 amide bonds. The summed E-state index contributed by atoms with van der Waals surface area (Å²) in [7, 11) is 0. The first-order valence-electron chi connectivity index (χ1n) is 4.31. The van der Waals surface area contributed by atoms with Crippen LogP contribution in [-0.2, 0) is 4.79 Å². The second-order valence-corrected chi connectivity index (χ2v) is 2.98. The summed E-state index contributed by atoms with van der Waals surface area (Å²) in [6.45, 7) is 1.79. The lowest BCUT2D eigenvalue weighted by molar-refractivity contribution is -0.115. The lowest BCUT2D eigenvalue weighted by Gasteiger charge is -2.08. The second-order valence-electron chi connectivity index (χ2n) is 2.98. The molecule has 0 spiro atoms. The summed E-state index contributed by atoms with van der Waals surface area (Å²) in [6.07, 6.45) is 8.33. The van der Waals surface area contributed by atoms with Crippen molar-refractivity contribution in [3.05, 3.63) is 0 Å². The van der Waals surface area contributed by atoms with Gasteiger partial charge in [0.05, 0.1) is 0 Å². The lowest BCUT2D eigenvalue weighted by atomic mass is 10.1. The number of rotatable bonds is 3. The number of nitrogens with one attached hydrogen (secondary N) is 2. The van der Waals surface area contributed by atoms with E-state index in [-0.39, 0.29) is 5.91 Å². The van der Waals surface area contributed by atoms with E-state index >= 15 is 0 Å². The minimum Gasteiger partial charge on any atom is -0.345 e. The first kappa shape index (κ1) is 9.08. The molecule has 3 nitrogen and oxygen atoms in total. The normalized spacial score (nSPS) is 21.8. The molecule has 1 atom stereocenters. The van der Waals surface area contributed by atoms with Gasteiger partial charge in [0.25, 0.3) is 5.91 Å². The predicted octanol–water partition coefficient (Wildman–Crippen LogP) is -0.122. The van der Waals surface area contributed by atoms with Crippen LogP contribution >= 0.6 is 0 Å². The number of hydrogen-bond donors (Lipinski definition) is 2. The molecular formula is C9H14N2O. The van der Waals surface area contributed by atoms with Gasteiger partial charge in [0, 0.05) is 12.6 Å². The summed E-state index contributed by atoms with van der Waals surface area (Å²) in [5.74, 6) is 1.71. The van der Waals surface area contributed by atoms with Gasteiger partial charge in [-0.1, -0.05) is 0 Å². The van der Waals surface area contributed by atoms with E-state index in [1.165, 1.54) is 12.8 Å². The molecule has 0 radical (unpaired) electrons. The molecule has 0 aromatic heterocycles. The highest BCUT2D eigenvalue weighted by atomic mass is 16.1. The fourth-order valence-electron chi connectivity index (χ4n) is 1.41. The van der Waals surface area contributed by atoms with Gasteiger partial charge in [-0.2, -0.15) is 0 Å². The van der Waals surface area contributed by atoms with Crippen molar-refractivity contribution >= 4 is 5.91 Å². The highest BCUT2D eigenvalue weighted by Crippen LogP contribution is 2.07. The molecule has 2 N–H and O–H groups in total. The van der Waals surface area contributed by atoms with E-state index in [9.17, 15) is 4.79 Å². The van der Waals surface area contributed by atoms with Crippen molar-refractivity contribution in [2.45, 2.75) is 25.3 Å². The molecule has 1 saturated heterocycles. The molecule has 1 aliphatic heterocycles. The Morgan fingerprint density at radius 3 is 3.17 bits per heavy atom. The Morgan fingerprint density at radius 1 is 1.75 bits per heavy atom. The summed E-state index contributed by atoms with van der Waals surface area (Å²) in [4.78, 5) is 10.6. The molecule has 0 aromatic rings. The Bertz CT molecular complexity index is 189. The van der Waals surface area contributed by atoms with Crippen LogP contribution in [-0.4, -0.2) is 25.0 Å². The summed E-state index contributed by atoms with van der Waals surface area (Å²) in [5.41, 5.74) is 0. The van der Waals surface area contributed by atoms with E-state index in [2.05, 4.69) is 10.6 Å². The third kappa shape index (κ3) is 2.93. The smallest absolute Gasteiger partial charge is 0.295 e. The zero-order valence-electron chi connectivity index (χ0n) is 7.10. The van der Waals surface area contributed by atoms with Crippen molar-refractivity contribution < 1.29 is 4.79 Å². The summed E-state index contributed by atoms with van der Waals surface area (Å²) in [5, 5.41) is 5.99. The minimum absolute atomic E-state index is 0.312. The molecule has 0 aliphatic carbocycles. The molecule has 0 aromatic carbocycles. The van der Waals surface area contributed by atoms with Crippen molar-refractivity contribution in [1.82, 2.24) is 10.6 Å². The fraction of sp³-hybridized carbons (Fsp3) is 0.667. The molecule has 1 heterocycles. The Hall–Kier alpha value is -1.01. The van der Waals surface area contributed by atoms with E-state index < -0.39 is 0 Å². The van der Waals surface area contributed by atoms with Crippen LogP contribution < -0.4 is 10.6 Å². The van der Waals surface area contributed by atoms with Crippen LogP contribution in [0.2, 0.25) is 0 Å². The third-order valence-corrected chi connectivity index (χ3v) is 2.07. The Morgan fingerprint density at radius 2 is 2.58 bits per heavy atom. The number of amides is 1. The van der Waals surface area contributed by atoms with Crippen LogP contribution in [0.5, 0.6) is 0 Å². The average molecular weight is 166 g/mol. The van der Waals surface area contributed by atoms with E-state index in [0.717, 1.165) is 13.0 Å². The second kappa shape index (κ2) is 4.78. The van der Waals surface area contributed by atoms with Gasteiger partial charge in [-0.3, -0.25) is 4.79 Å². The standard InChI is InChI=1S/C9H14N2O/c1-2-9(12)11-7-5-8-4-3-6-10-8/h1,8,10H,3-7H2,(H,11,12)/t8-/m0/s1. The number of hydrogen-bond acceptors (Lipinski definition) is 2. The number of carbonyl (C=O) groups is 1. The van der Waals surface area contributed by atoms with E-state index in [4.69, 9.17) is 6.42 Å². The average Bonchev–Trinajstić information content (AvgIpc) is 2.57. The fourth-order valence-corrected chi connectivity index (χ4v) is 1.41. The van der Waals surface area contributed by atoms with Gasteiger partial charge < -0.3 is 10.6 Å². The highest BCUT2D eigenvalue weighted by Gasteiger charge is 2.12. The third-order valence-electron chi connectivity index (χ3n) is 2.07. The topological polar surface area (TPSA) is 41.1 Å². The SMILES string of the molecule is C#CC(=O)NCC[C@@H]1CCCN1. The van der Waals surface area contributed by atoms with E-state index in [1.807, 2.05) is 5.92 Å². The first-order chi connectivity index (χ1) is 5.83. The molecule has 1 fully saturated rings. The van der Waals surface area contributed by atoms with Crippen molar-refractivity contribution in [1.29, 1.82) is 0 Å². The summed E-state index contributed by atoms with van der Waals surface area (Å²) >= 11 is 0. The molecule has 3 heteroatoms. The Balaban J connectivity index is 2.02. The van der Waals surface area contributed by atoms with Crippen LogP contribution in [0.4, 0.5) is 0 Å². The monoisotopic (exact) mass is 166 g/mol. The van der Waals surface area contributed by atoms with Crippen molar-refractivity contribution in [3.8, 4) is 12.3 Å². The van der Waals surface area contributed by atoms with E-state index in [1.54, 1.807) is 0 Å². The molecule has 0 saturated carbocycles. The van der Waals surface area contributed by atoms with Crippen LogP contribution in [0.25, 0.3) is 0 Å². The molecule has 1 aliphatic rings. The van der Waals surface area contributed by atoms with Gasteiger partial charge >= 0.3 is 0 Å². The molecular weight excluding hydrogens is 152 g/mol. The maximum absolute atomic E-state index is 10.6. The highest BCUT2D eigenvalue weighted by molar-refractivity contribution is 5.92. The van der Waals surface area contributed by atoms with Gasteiger partial charge in [-0.15, -0.1) is 6.42 Å².